The number of nitrogens with one attached hydrogen (secondary N) is 1. The van der Waals surface area contributed by atoms with Crippen molar-refractivity contribution in [3.05, 3.63) is 35.4 Å². The van der Waals surface area contributed by atoms with Crippen molar-refractivity contribution in [2.24, 2.45) is 0 Å². The van der Waals surface area contributed by atoms with Gasteiger partial charge in [-0.1, -0.05) is 12.1 Å². The SMILES string of the molecule is COC(C)(C(=O)O)C(=O)NCc1cccc(C(=O)N2CCCCC2)c1. The highest BCUT2D eigenvalue weighted by Crippen LogP contribution is 2.15. The summed E-state index contributed by atoms with van der Waals surface area (Å²) >= 11 is 0. The molecule has 2 amide bonds. The maximum Gasteiger partial charge on any atom is 0.345 e. The summed E-state index contributed by atoms with van der Waals surface area (Å²) < 4.78 is 4.82. The van der Waals surface area contributed by atoms with E-state index in [1.165, 1.54) is 14.0 Å². The maximum absolute atomic E-state index is 12.5. The van der Waals surface area contributed by atoms with Crippen molar-refractivity contribution in [1.29, 1.82) is 0 Å². The van der Waals surface area contributed by atoms with Crippen LogP contribution in [0.2, 0.25) is 0 Å². The Morgan fingerprint density at radius 2 is 1.92 bits per heavy atom. The van der Waals surface area contributed by atoms with E-state index in [1.54, 1.807) is 24.3 Å². The summed E-state index contributed by atoms with van der Waals surface area (Å²) in [5, 5.41) is 11.7. The molecule has 25 heavy (non-hydrogen) atoms. The van der Waals surface area contributed by atoms with Crippen LogP contribution in [0.3, 0.4) is 0 Å². The summed E-state index contributed by atoms with van der Waals surface area (Å²) in [5.74, 6) is -2.11. The molecule has 0 bridgehead atoms. The van der Waals surface area contributed by atoms with E-state index in [0.717, 1.165) is 37.9 Å². The monoisotopic (exact) mass is 348 g/mol. The van der Waals surface area contributed by atoms with E-state index in [9.17, 15) is 14.4 Å². The van der Waals surface area contributed by atoms with Crippen molar-refractivity contribution >= 4 is 17.8 Å². The molecule has 0 aliphatic carbocycles. The Hall–Kier alpha value is -2.41. The van der Waals surface area contributed by atoms with Crippen molar-refractivity contribution < 1.29 is 24.2 Å². The van der Waals surface area contributed by atoms with Crippen LogP contribution in [0, 0.1) is 0 Å². The molecule has 1 aliphatic rings. The van der Waals surface area contributed by atoms with E-state index < -0.39 is 17.5 Å². The molecule has 1 aliphatic heterocycles. The molecule has 1 fully saturated rings. The van der Waals surface area contributed by atoms with Crippen molar-refractivity contribution in [1.82, 2.24) is 10.2 Å². The Morgan fingerprint density at radius 3 is 2.52 bits per heavy atom. The number of hydrogen-bond donors (Lipinski definition) is 2. The number of rotatable bonds is 6. The number of carboxylic acid groups (broad SMARTS) is 1. The molecule has 1 saturated heterocycles. The number of nitrogens with zero attached hydrogens (tertiary/aromatic N) is 1. The zero-order valence-corrected chi connectivity index (χ0v) is 14.6. The average Bonchev–Trinajstić information content (AvgIpc) is 2.65. The second-order valence-electron chi connectivity index (χ2n) is 6.28. The van der Waals surface area contributed by atoms with Crippen LogP contribution in [-0.2, 0) is 20.9 Å². The van der Waals surface area contributed by atoms with Gasteiger partial charge in [0, 0.05) is 32.3 Å². The highest BCUT2D eigenvalue weighted by atomic mass is 16.5. The number of carbonyl (C=O) groups excluding carboxylic acids is 2. The number of aliphatic carboxylic acids is 1. The van der Waals surface area contributed by atoms with Gasteiger partial charge in [-0.15, -0.1) is 0 Å². The van der Waals surface area contributed by atoms with E-state index in [1.807, 2.05) is 4.90 Å². The second kappa shape index (κ2) is 8.11. The number of ether oxygens (including phenoxy) is 1. The maximum atomic E-state index is 12.5. The average molecular weight is 348 g/mol. The van der Waals surface area contributed by atoms with E-state index in [4.69, 9.17) is 9.84 Å². The number of amides is 2. The van der Waals surface area contributed by atoms with Crippen LogP contribution in [0.15, 0.2) is 24.3 Å². The lowest BCUT2D eigenvalue weighted by Gasteiger charge is -2.27. The van der Waals surface area contributed by atoms with Gasteiger partial charge in [-0.3, -0.25) is 9.59 Å². The quantitative estimate of drug-likeness (QED) is 0.758. The highest BCUT2D eigenvalue weighted by molar-refractivity contribution is 6.04. The Balaban J connectivity index is 2.03. The van der Waals surface area contributed by atoms with Crippen molar-refractivity contribution in [2.45, 2.75) is 38.3 Å². The summed E-state index contributed by atoms with van der Waals surface area (Å²) in [7, 11) is 1.17. The predicted molar refractivity (Wildman–Crippen MR) is 91.1 cm³/mol. The van der Waals surface area contributed by atoms with Gasteiger partial charge < -0.3 is 20.1 Å². The number of methoxy groups -OCH3 is 1. The van der Waals surface area contributed by atoms with Crippen LogP contribution in [0.5, 0.6) is 0 Å². The minimum Gasteiger partial charge on any atom is -0.479 e. The summed E-state index contributed by atoms with van der Waals surface area (Å²) in [6.45, 7) is 2.85. The van der Waals surface area contributed by atoms with Crippen LogP contribution < -0.4 is 5.32 Å². The number of carbonyl (C=O) groups is 3. The minimum atomic E-state index is -1.94. The second-order valence-corrected chi connectivity index (χ2v) is 6.28. The van der Waals surface area contributed by atoms with E-state index in [2.05, 4.69) is 5.32 Å². The van der Waals surface area contributed by atoms with Gasteiger partial charge in [-0.05, 0) is 43.9 Å². The van der Waals surface area contributed by atoms with Gasteiger partial charge in [0.05, 0.1) is 0 Å². The molecule has 1 heterocycles. The molecule has 7 heteroatoms. The summed E-state index contributed by atoms with van der Waals surface area (Å²) in [5.41, 5.74) is -0.650. The molecule has 136 valence electrons. The Morgan fingerprint density at radius 1 is 1.24 bits per heavy atom. The molecule has 1 atom stereocenters. The molecule has 2 rings (SSSR count). The molecule has 0 radical (unpaired) electrons. The Kier molecular flexibility index (Phi) is 6.14. The van der Waals surface area contributed by atoms with Gasteiger partial charge in [0.1, 0.15) is 0 Å². The Bertz CT molecular complexity index is 655. The standard InChI is InChI=1S/C18H24N2O5/c1-18(25-2,17(23)24)16(22)19-12-13-7-6-8-14(11-13)15(21)20-9-4-3-5-10-20/h6-8,11H,3-5,9-10,12H2,1-2H3,(H,19,22)(H,23,24). The third kappa shape index (κ3) is 4.36. The van der Waals surface area contributed by atoms with Crippen molar-refractivity contribution in [3.8, 4) is 0 Å². The molecule has 0 saturated carbocycles. The lowest BCUT2D eigenvalue weighted by atomic mass is 10.1. The molecule has 1 aromatic rings. The first-order valence-corrected chi connectivity index (χ1v) is 8.33. The zero-order chi connectivity index (χ0) is 18.4. The molecule has 0 aromatic heterocycles. The third-order valence-corrected chi connectivity index (χ3v) is 4.52. The normalized spacial score (nSPS) is 16.8. The highest BCUT2D eigenvalue weighted by Gasteiger charge is 2.41. The van der Waals surface area contributed by atoms with Crippen LogP contribution >= 0.6 is 0 Å². The fraction of sp³-hybridized carbons (Fsp3) is 0.500. The van der Waals surface area contributed by atoms with Crippen LogP contribution in [0.1, 0.15) is 42.1 Å². The number of likely N-dealkylation sites (tertiary alicyclic amines) is 1. The van der Waals surface area contributed by atoms with Crippen molar-refractivity contribution in [3.63, 3.8) is 0 Å². The first-order chi connectivity index (χ1) is 11.9. The number of benzene rings is 1. The summed E-state index contributed by atoms with van der Waals surface area (Å²) in [4.78, 5) is 37.6. The largest absolute Gasteiger partial charge is 0.479 e. The third-order valence-electron chi connectivity index (χ3n) is 4.52. The fourth-order valence-corrected chi connectivity index (χ4v) is 2.72. The van der Waals surface area contributed by atoms with Crippen LogP contribution in [0.4, 0.5) is 0 Å². The minimum absolute atomic E-state index is 0.0138. The molecule has 1 unspecified atom stereocenters. The van der Waals surface area contributed by atoms with Gasteiger partial charge in [-0.2, -0.15) is 0 Å². The Labute approximate surface area is 147 Å². The summed E-state index contributed by atoms with van der Waals surface area (Å²) in [6, 6.07) is 7.00. The first kappa shape index (κ1) is 18.9. The first-order valence-electron chi connectivity index (χ1n) is 8.33. The van der Waals surface area contributed by atoms with E-state index >= 15 is 0 Å². The van der Waals surface area contributed by atoms with Crippen LogP contribution in [0.25, 0.3) is 0 Å². The van der Waals surface area contributed by atoms with Gasteiger partial charge in [-0.25, -0.2) is 4.79 Å². The lowest BCUT2D eigenvalue weighted by molar-refractivity contribution is -0.167. The molecule has 1 aromatic carbocycles. The fourth-order valence-electron chi connectivity index (χ4n) is 2.72. The van der Waals surface area contributed by atoms with E-state index in [0.29, 0.717) is 5.56 Å². The van der Waals surface area contributed by atoms with Gasteiger partial charge >= 0.3 is 5.97 Å². The number of hydrogen-bond acceptors (Lipinski definition) is 4. The smallest absolute Gasteiger partial charge is 0.345 e. The number of carboxylic acids is 1. The van der Waals surface area contributed by atoms with E-state index in [-0.39, 0.29) is 12.5 Å². The van der Waals surface area contributed by atoms with Gasteiger partial charge in [0.15, 0.2) is 0 Å². The molecule has 7 nitrogen and oxygen atoms in total. The van der Waals surface area contributed by atoms with Gasteiger partial charge in [0.25, 0.3) is 11.8 Å². The molecular formula is C18H24N2O5. The predicted octanol–water partition coefficient (Wildman–Crippen LogP) is 1.42. The number of piperidine rings is 1. The summed E-state index contributed by atoms with van der Waals surface area (Å²) in [6.07, 6.45) is 3.19. The van der Waals surface area contributed by atoms with Gasteiger partial charge in [0.2, 0.25) is 5.60 Å². The van der Waals surface area contributed by atoms with Crippen LogP contribution in [-0.4, -0.2) is 53.6 Å². The molecular weight excluding hydrogens is 324 g/mol. The van der Waals surface area contributed by atoms with Crippen molar-refractivity contribution in [2.75, 3.05) is 20.2 Å². The zero-order valence-electron chi connectivity index (χ0n) is 14.6. The molecule has 0 spiro atoms. The lowest BCUT2D eigenvalue weighted by Crippen LogP contribution is -2.51. The topological polar surface area (TPSA) is 95.9 Å². The molecule has 2 N–H and O–H groups in total.